The van der Waals surface area contributed by atoms with E-state index in [4.69, 9.17) is 4.74 Å². The molecule has 0 fully saturated rings. The maximum absolute atomic E-state index is 12.2. The normalized spacial score (nSPS) is 11.6. The van der Waals surface area contributed by atoms with Crippen LogP contribution < -0.4 is 10.1 Å². The molecule has 0 aliphatic carbocycles. The van der Waals surface area contributed by atoms with Crippen LogP contribution in [0.15, 0.2) is 53.4 Å². The third-order valence-electron chi connectivity index (χ3n) is 3.38. The highest BCUT2D eigenvalue weighted by Crippen LogP contribution is 2.25. The number of carbonyl (C=O) groups is 1. The molecule has 24 heavy (non-hydrogen) atoms. The number of hydrogen-bond acceptors (Lipinski definition) is 5. The van der Waals surface area contributed by atoms with Gasteiger partial charge in [0.05, 0.1) is 17.3 Å². The van der Waals surface area contributed by atoms with Gasteiger partial charge in [-0.1, -0.05) is 18.2 Å². The number of hydrogen-bond donors (Lipinski definition) is 1. The Morgan fingerprint density at radius 3 is 2.54 bits per heavy atom. The number of para-hydroxylation sites is 1. The van der Waals surface area contributed by atoms with E-state index < -0.39 is 4.92 Å². The van der Waals surface area contributed by atoms with E-state index in [1.807, 2.05) is 24.3 Å². The lowest BCUT2D eigenvalue weighted by Gasteiger charge is -2.13. The molecule has 0 heterocycles. The largest absolute Gasteiger partial charge is 0.496 e. The predicted octanol–water partition coefficient (Wildman–Crippen LogP) is 3.40. The Kier molecular flexibility index (Phi) is 6.20. The molecular weight excluding hydrogens is 328 g/mol. The molecule has 126 valence electrons. The van der Waals surface area contributed by atoms with Crippen molar-refractivity contribution in [1.29, 1.82) is 0 Å². The zero-order chi connectivity index (χ0) is 17.5. The summed E-state index contributed by atoms with van der Waals surface area (Å²) in [6.45, 7) is 2.18. The molecule has 0 spiro atoms. The van der Waals surface area contributed by atoms with Crippen molar-refractivity contribution in [3.8, 4) is 5.75 Å². The Bertz CT molecular complexity index is 719. The molecule has 2 aromatic rings. The number of ether oxygens (including phenoxy) is 1. The average molecular weight is 346 g/mol. The van der Waals surface area contributed by atoms with Gasteiger partial charge in [0.2, 0.25) is 5.91 Å². The van der Waals surface area contributed by atoms with Gasteiger partial charge in [0.15, 0.2) is 0 Å². The number of rotatable bonds is 7. The van der Waals surface area contributed by atoms with E-state index in [0.717, 1.165) is 16.2 Å². The SMILES string of the molecule is COc1ccccc1CNC(=O)[C@H](C)Sc1ccc([N+](=O)[O-])cc1. The summed E-state index contributed by atoms with van der Waals surface area (Å²) in [5.41, 5.74) is 0.938. The molecule has 6 nitrogen and oxygen atoms in total. The van der Waals surface area contributed by atoms with Crippen LogP contribution in [0.3, 0.4) is 0 Å². The van der Waals surface area contributed by atoms with E-state index in [9.17, 15) is 14.9 Å². The molecule has 1 atom stereocenters. The minimum Gasteiger partial charge on any atom is -0.496 e. The number of benzene rings is 2. The summed E-state index contributed by atoms with van der Waals surface area (Å²) in [6, 6.07) is 13.7. The van der Waals surface area contributed by atoms with Gasteiger partial charge in [-0.25, -0.2) is 0 Å². The monoisotopic (exact) mass is 346 g/mol. The van der Waals surface area contributed by atoms with Crippen molar-refractivity contribution in [1.82, 2.24) is 5.32 Å². The molecular formula is C17H18N2O4S. The number of nitro benzene ring substituents is 1. The van der Waals surface area contributed by atoms with E-state index in [1.165, 1.54) is 23.9 Å². The van der Waals surface area contributed by atoms with Crippen molar-refractivity contribution < 1.29 is 14.5 Å². The highest BCUT2D eigenvalue weighted by atomic mass is 32.2. The highest BCUT2D eigenvalue weighted by Gasteiger charge is 2.15. The standard InChI is InChI=1S/C17H18N2O4S/c1-12(24-15-9-7-14(8-10-15)19(21)22)17(20)18-11-13-5-3-4-6-16(13)23-2/h3-10,12H,11H2,1-2H3,(H,18,20)/t12-/m0/s1. The molecule has 1 N–H and O–H groups in total. The lowest BCUT2D eigenvalue weighted by Crippen LogP contribution is -2.30. The van der Waals surface area contributed by atoms with E-state index in [-0.39, 0.29) is 16.8 Å². The van der Waals surface area contributed by atoms with Crippen LogP contribution in [0.5, 0.6) is 5.75 Å². The van der Waals surface area contributed by atoms with Crippen molar-refractivity contribution >= 4 is 23.4 Å². The lowest BCUT2D eigenvalue weighted by molar-refractivity contribution is -0.384. The number of carbonyl (C=O) groups excluding carboxylic acids is 1. The van der Waals surface area contributed by atoms with Crippen LogP contribution >= 0.6 is 11.8 Å². The van der Waals surface area contributed by atoms with E-state index >= 15 is 0 Å². The first-order chi connectivity index (χ1) is 11.5. The molecule has 0 radical (unpaired) electrons. The van der Waals surface area contributed by atoms with Crippen LogP contribution in [0, 0.1) is 10.1 Å². The lowest BCUT2D eigenvalue weighted by atomic mass is 10.2. The second kappa shape index (κ2) is 8.35. The van der Waals surface area contributed by atoms with Gasteiger partial charge in [0.25, 0.3) is 5.69 Å². The third kappa shape index (κ3) is 4.73. The van der Waals surface area contributed by atoms with E-state index in [1.54, 1.807) is 26.2 Å². The second-order valence-corrected chi connectivity index (χ2v) is 6.45. The quantitative estimate of drug-likeness (QED) is 0.472. The number of nitrogens with zero attached hydrogens (tertiary/aromatic N) is 1. The molecule has 2 aromatic carbocycles. The van der Waals surface area contributed by atoms with Gasteiger partial charge in [-0.2, -0.15) is 0 Å². The first-order valence-corrected chi connectivity index (χ1v) is 8.20. The summed E-state index contributed by atoms with van der Waals surface area (Å²) in [5.74, 6) is 0.623. The van der Waals surface area contributed by atoms with Crippen LogP contribution in [0.2, 0.25) is 0 Å². The highest BCUT2D eigenvalue weighted by molar-refractivity contribution is 8.00. The minimum absolute atomic E-state index is 0.0348. The van der Waals surface area contributed by atoms with Gasteiger partial charge >= 0.3 is 0 Å². The smallest absolute Gasteiger partial charge is 0.269 e. The Balaban J connectivity index is 1.91. The molecule has 2 rings (SSSR count). The fraction of sp³-hybridized carbons (Fsp3) is 0.235. The zero-order valence-corrected chi connectivity index (χ0v) is 14.2. The van der Waals surface area contributed by atoms with E-state index in [2.05, 4.69) is 5.32 Å². The molecule has 0 bridgehead atoms. The number of nitrogens with one attached hydrogen (secondary N) is 1. The maximum Gasteiger partial charge on any atom is 0.269 e. The predicted molar refractivity (Wildman–Crippen MR) is 93.3 cm³/mol. The molecule has 0 saturated carbocycles. The van der Waals surface area contributed by atoms with Gasteiger partial charge in [-0.3, -0.25) is 14.9 Å². The minimum atomic E-state index is -0.447. The summed E-state index contributed by atoms with van der Waals surface area (Å²) in [5, 5.41) is 13.2. The molecule has 0 aliphatic rings. The van der Waals surface area contributed by atoms with Crippen molar-refractivity contribution in [3.63, 3.8) is 0 Å². The number of amides is 1. The number of nitro groups is 1. The molecule has 1 amide bonds. The van der Waals surface area contributed by atoms with Gasteiger partial charge in [-0.05, 0) is 25.1 Å². The Hall–Kier alpha value is -2.54. The molecule has 0 aliphatic heterocycles. The number of thioether (sulfide) groups is 1. The summed E-state index contributed by atoms with van der Waals surface area (Å²) in [4.78, 5) is 23.2. The summed E-state index contributed by atoms with van der Waals surface area (Å²) >= 11 is 1.35. The van der Waals surface area contributed by atoms with Crippen molar-refractivity contribution in [2.24, 2.45) is 0 Å². The topological polar surface area (TPSA) is 81.5 Å². The molecule has 0 unspecified atom stereocenters. The summed E-state index contributed by atoms with van der Waals surface area (Å²) in [6.07, 6.45) is 0. The molecule has 0 saturated heterocycles. The van der Waals surface area contributed by atoms with Gasteiger partial charge < -0.3 is 10.1 Å². The van der Waals surface area contributed by atoms with Gasteiger partial charge in [0, 0.05) is 29.1 Å². The summed E-state index contributed by atoms with van der Waals surface area (Å²) < 4.78 is 5.25. The van der Waals surface area contributed by atoms with E-state index in [0.29, 0.717) is 6.54 Å². The van der Waals surface area contributed by atoms with Crippen LogP contribution in [-0.2, 0) is 11.3 Å². The van der Waals surface area contributed by atoms with Crippen molar-refractivity contribution in [2.75, 3.05) is 7.11 Å². The third-order valence-corrected chi connectivity index (χ3v) is 4.49. The zero-order valence-electron chi connectivity index (χ0n) is 13.4. The summed E-state index contributed by atoms with van der Waals surface area (Å²) in [7, 11) is 1.59. The van der Waals surface area contributed by atoms with Crippen molar-refractivity contribution in [2.45, 2.75) is 23.6 Å². The molecule has 0 aromatic heterocycles. The van der Waals surface area contributed by atoms with Gasteiger partial charge in [-0.15, -0.1) is 11.8 Å². The van der Waals surface area contributed by atoms with Crippen LogP contribution in [0.1, 0.15) is 12.5 Å². The van der Waals surface area contributed by atoms with Crippen molar-refractivity contribution in [3.05, 3.63) is 64.2 Å². The number of methoxy groups -OCH3 is 1. The average Bonchev–Trinajstić information content (AvgIpc) is 2.60. The van der Waals surface area contributed by atoms with Crippen LogP contribution in [0.25, 0.3) is 0 Å². The van der Waals surface area contributed by atoms with Crippen LogP contribution in [0.4, 0.5) is 5.69 Å². The number of non-ortho nitro benzene ring substituents is 1. The van der Waals surface area contributed by atoms with Gasteiger partial charge in [0.1, 0.15) is 5.75 Å². The second-order valence-electron chi connectivity index (χ2n) is 5.04. The van der Waals surface area contributed by atoms with Crippen LogP contribution in [-0.4, -0.2) is 23.2 Å². The molecule has 7 heteroatoms. The first-order valence-electron chi connectivity index (χ1n) is 7.32. The Morgan fingerprint density at radius 1 is 1.25 bits per heavy atom. The fourth-order valence-corrected chi connectivity index (χ4v) is 2.97. The first kappa shape index (κ1) is 17.8. The fourth-order valence-electron chi connectivity index (χ4n) is 2.08. The Morgan fingerprint density at radius 2 is 1.92 bits per heavy atom. The maximum atomic E-state index is 12.2. The Labute approximate surface area is 144 Å².